The Balaban J connectivity index is 2.49. The molecule has 1 rings (SSSR count). The molecular weight excluding hydrogens is 200 g/mol. The topological polar surface area (TPSA) is 90.6 Å². The van der Waals surface area contributed by atoms with Gasteiger partial charge in [0.25, 0.3) is 0 Å². The van der Waals surface area contributed by atoms with Crippen LogP contribution in [0.1, 0.15) is 6.92 Å². The van der Waals surface area contributed by atoms with Crippen molar-refractivity contribution in [1.82, 2.24) is 5.32 Å². The molecule has 0 spiro atoms. The summed E-state index contributed by atoms with van der Waals surface area (Å²) in [5, 5.41) is 2.47. The minimum absolute atomic E-state index is 0.141. The van der Waals surface area contributed by atoms with Crippen molar-refractivity contribution in [1.29, 1.82) is 0 Å². The number of amides is 1. The molecule has 6 nitrogen and oxygen atoms in total. The molecule has 6 heteroatoms. The zero-order chi connectivity index (χ0) is 11.5. The highest BCUT2D eigenvalue weighted by Gasteiger charge is 2.44. The molecule has 2 atom stereocenters. The molecule has 0 aromatic heterocycles. The second-order valence-corrected chi connectivity index (χ2v) is 3.80. The summed E-state index contributed by atoms with van der Waals surface area (Å²) in [4.78, 5) is 22.5. The Morgan fingerprint density at radius 2 is 2.33 bits per heavy atom. The summed E-state index contributed by atoms with van der Waals surface area (Å²) >= 11 is 0. The summed E-state index contributed by atoms with van der Waals surface area (Å²) < 4.78 is 9.53. The van der Waals surface area contributed by atoms with Gasteiger partial charge in [-0.2, -0.15) is 0 Å². The number of carbonyl (C=O) groups excluding carboxylic acids is 2. The van der Waals surface area contributed by atoms with Crippen molar-refractivity contribution in [3.05, 3.63) is 0 Å². The van der Waals surface area contributed by atoms with Gasteiger partial charge in [0, 0.05) is 6.04 Å². The molecule has 0 aromatic carbocycles. The fourth-order valence-electron chi connectivity index (χ4n) is 1.35. The van der Waals surface area contributed by atoms with Crippen LogP contribution in [0.4, 0.5) is 0 Å². The van der Waals surface area contributed by atoms with E-state index in [2.05, 4.69) is 10.1 Å². The van der Waals surface area contributed by atoms with Gasteiger partial charge in [0.05, 0.1) is 25.7 Å². The number of esters is 1. The van der Waals surface area contributed by atoms with Gasteiger partial charge in [0.2, 0.25) is 5.91 Å². The van der Waals surface area contributed by atoms with E-state index in [1.165, 1.54) is 7.11 Å². The lowest BCUT2D eigenvalue weighted by Gasteiger charge is -2.24. The quantitative estimate of drug-likeness (QED) is 0.568. The maximum absolute atomic E-state index is 11.7. The van der Waals surface area contributed by atoms with Crippen LogP contribution in [0.25, 0.3) is 0 Å². The monoisotopic (exact) mass is 216 g/mol. The van der Waals surface area contributed by atoms with E-state index in [1.54, 1.807) is 6.92 Å². The molecule has 2 unspecified atom stereocenters. The minimum atomic E-state index is -0.756. The van der Waals surface area contributed by atoms with E-state index in [0.29, 0.717) is 6.61 Å². The van der Waals surface area contributed by atoms with Gasteiger partial charge in [-0.15, -0.1) is 0 Å². The van der Waals surface area contributed by atoms with Gasteiger partial charge in [-0.1, -0.05) is 0 Å². The molecule has 1 saturated heterocycles. The van der Waals surface area contributed by atoms with E-state index in [9.17, 15) is 9.59 Å². The molecule has 0 aliphatic carbocycles. The van der Waals surface area contributed by atoms with E-state index in [1.807, 2.05) is 0 Å². The Hall–Kier alpha value is -1.14. The van der Waals surface area contributed by atoms with Crippen LogP contribution in [0, 0.1) is 5.41 Å². The van der Waals surface area contributed by atoms with Gasteiger partial charge in [0.1, 0.15) is 6.54 Å². The number of nitrogens with two attached hydrogens (primary N) is 1. The second kappa shape index (κ2) is 4.59. The molecule has 1 fully saturated rings. The van der Waals surface area contributed by atoms with Crippen molar-refractivity contribution in [2.75, 3.05) is 26.9 Å². The Kier molecular flexibility index (Phi) is 3.65. The zero-order valence-corrected chi connectivity index (χ0v) is 8.91. The van der Waals surface area contributed by atoms with Gasteiger partial charge < -0.3 is 20.5 Å². The summed E-state index contributed by atoms with van der Waals surface area (Å²) in [7, 11) is 1.26. The Morgan fingerprint density at radius 1 is 1.67 bits per heavy atom. The van der Waals surface area contributed by atoms with Gasteiger partial charge in [0.15, 0.2) is 0 Å². The lowest BCUT2D eigenvalue weighted by molar-refractivity contribution is -0.142. The summed E-state index contributed by atoms with van der Waals surface area (Å²) in [6.07, 6.45) is 0. The molecule has 0 bridgehead atoms. The standard InChI is InChI=1S/C9H16N2O4/c1-9(5-15-4-6(9)10)8(13)11-3-7(12)14-2/h6H,3-5,10H2,1-2H3,(H,11,13). The largest absolute Gasteiger partial charge is 0.468 e. The van der Waals surface area contributed by atoms with E-state index >= 15 is 0 Å². The average molecular weight is 216 g/mol. The first-order chi connectivity index (χ1) is 7.00. The summed E-state index contributed by atoms with van der Waals surface area (Å²) in [5.74, 6) is -0.766. The number of carbonyl (C=O) groups is 2. The summed E-state index contributed by atoms with van der Waals surface area (Å²) in [5.41, 5.74) is 5.00. The lowest BCUT2D eigenvalue weighted by atomic mass is 9.85. The van der Waals surface area contributed by atoms with E-state index < -0.39 is 11.4 Å². The van der Waals surface area contributed by atoms with E-state index in [0.717, 1.165) is 0 Å². The third kappa shape index (κ3) is 2.45. The number of nitrogens with one attached hydrogen (secondary N) is 1. The van der Waals surface area contributed by atoms with Gasteiger partial charge >= 0.3 is 5.97 Å². The fourth-order valence-corrected chi connectivity index (χ4v) is 1.35. The van der Waals surface area contributed by atoms with E-state index in [-0.39, 0.29) is 25.1 Å². The first kappa shape index (κ1) is 11.9. The van der Waals surface area contributed by atoms with Gasteiger partial charge in [-0.3, -0.25) is 9.59 Å². The molecule has 1 aliphatic rings. The molecule has 86 valence electrons. The Morgan fingerprint density at radius 3 is 2.80 bits per heavy atom. The predicted octanol–water partition coefficient (Wildman–Crippen LogP) is -1.36. The molecular formula is C9H16N2O4. The van der Waals surface area contributed by atoms with Gasteiger partial charge in [-0.25, -0.2) is 0 Å². The first-order valence-electron chi connectivity index (χ1n) is 4.69. The minimum Gasteiger partial charge on any atom is -0.468 e. The van der Waals surface area contributed by atoms with Crippen LogP contribution in [-0.4, -0.2) is 44.8 Å². The highest BCUT2D eigenvalue weighted by atomic mass is 16.5. The molecule has 3 N–H and O–H groups in total. The normalized spacial score (nSPS) is 29.9. The van der Waals surface area contributed by atoms with Crippen LogP contribution < -0.4 is 11.1 Å². The Bertz CT molecular complexity index is 269. The van der Waals surface area contributed by atoms with Crippen molar-refractivity contribution in [3.8, 4) is 0 Å². The molecule has 0 aromatic rings. The van der Waals surface area contributed by atoms with Crippen LogP contribution in [0.2, 0.25) is 0 Å². The van der Waals surface area contributed by atoms with Crippen LogP contribution in [0.3, 0.4) is 0 Å². The SMILES string of the molecule is COC(=O)CNC(=O)C1(C)COCC1N. The molecule has 15 heavy (non-hydrogen) atoms. The van der Waals surface area contributed by atoms with Crippen molar-refractivity contribution < 1.29 is 19.1 Å². The molecule has 1 heterocycles. The average Bonchev–Trinajstić information content (AvgIpc) is 2.56. The first-order valence-corrected chi connectivity index (χ1v) is 4.69. The maximum Gasteiger partial charge on any atom is 0.325 e. The number of hydrogen-bond acceptors (Lipinski definition) is 5. The van der Waals surface area contributed by atoms with Crippen molar-refractivity contribution >= 4 is 11.9 Å². The van der Waals surface area contributed by atoms with Gasteiger partial charge in [-0.05, 0) is 6.92 Å². The number of methoxy groups -OCH3 is 1. The second-order valence-electron chi connectivity index (χ2n) is 3.80. The predicted molar refractivity (Wildman–Crippen MR) is 51.9 cm³/mol. The van der Waals surface area contributed by atoms with Crippen LogP contribution >= 0.6 is 0 Å². The lowest BCUT2D eigenvalue weighted by Crippen LogP contribution is -2.50. The highest BCUT2D eigenvalue weighted by Crippen LogP contribution is 2.26. The maximum atomic E-state index is 11.7. The van der Waals surface area contributed by atoms with Crippen molar-refractivity contribution in [3.63, 3.8) is 0 Å². The third-order valence-corrected chi connectivity index (χ3v) is 2.66. The van der Waals surface area contributed by atoms with Crippen LogP contribution in [0.5, 0.6) is 0 Å². The van der Waals surface area contributed by atoms with E-state index in [4.69, 9.17) is 10.5 Å². The zero-order valence-electron chi connectivity index (χ0n) is 8.91. The summed E-state index contributed by atoms with van der Waals surface area (Å²) in [6.45, 7) is 2.22. The number of hydrogen-bond donors (Lipinski definition) is 2. The van der Waals surface area contributed by atoms with Crippen molar-refractivity contribution in [2.24, 2.45) is 11.1 Å². The fraction of sp³-hybridized carbons (Fsp3) is 0.778. The molecule has 1 amide bonds. The molecule has 0 saturated carbocycles. The van der Waals surface area contributed by atoms with Crippen LogP contribution in [-0.2, 0) is 19.1 Å². The molecule has 0 radical (unpaired) electrons. The summed E-state index contributed by atoms with van der Waals surface area (Å²) in [6, 6.07) is -0.338. The highest BCUT2D eigenvalue weighted by molar-refractivity contribution is 5.86. The smallest absolute Gasteiger partial charge is 0.325 e. The number of ether oxygens (including phenoxy) is 2. The number of rotatable bonds is 3. The third-order valence-electron chi connectivity index (χ3n) is 2.66. The van der Waals surface area contributed by atoms with Crippen molar-refractivity contribution in [2.45, 2.75) is 13.0 Å². The molecule has 1 aliphatic heterocycles. The Labute approximate surface area is 88.1 Å². The van der Waals surface area contributed by atoms with Crippen LogP contribution in [0.15, 0.2) is 0 Å².